The van der Waals surface area contributed by atoms with Crippen molar-refractivity contribution in [2.75, 3.05) is 11.8 Å². The Morgan fingerprint density at radius 3 is 2.47 bits per heavy atom. The zero-order valence-electron chi connectivity index (χ0n) is 22.9. The molecular weight excluding hydrogens is 520 g/mol. The highest BCUT2D eigenvalue weighted by atomic mass is 35.5. The number of likely N-dealkylation sites (N-methyl/N-ethyl adjacent to an activating group) is 1. The fourth-order valence-corrected chi connectivity index (χ4v) is 5.36. The molecule has 0 spiro atoms. The van der Waals surface area contributed by atoms with E-state index >= 15 is 0 Å². The van der Waals surface area contributed by atoms with Crippen LogP contribution < -0.4 is 10.0 Å². The molecule has 2 aromatic carbocycles. The molecule has 9 heteroatoms. The van der Waals surface area contributed by atoms with Gasteiger partial charge in [0.05, 0.1) is 5.69 Å². The van der Waals surface area contributed by atoms with Crippen molar-refractivity contribution in [2.45, 2.75) is 71.4 Å². The minimum Gasteiger partial charge on any atom is -0.357 e. The van der Waals surface area contributed by atoms with Crippen molar-refractivity contribution in [1.29, 1.82) is 0 Å². The Balaban J connectivity index is 1.88. The van der Waals surface area contributed by atoms with Crippen LogP contribution in [0.4, 0.5) is 5.88 Å². The van der Waals surface area contributed by atoms with Crippen molar-refractivity contribution >= 4 is 41.2 Å². The molecule has 2 N–H and O–H groups in total. The highest BCUT2D eigenvalue weighted by molar-refractivity contribution is 8.00. The van der Waals surface area contributed by atoms with Gasteiger partial charge in [-0.15, -0.1) is 0 Å². The molecule has 204 valence electrons. The molecule has 0 aliphatic heterocycles. The number of nitrogens with zero attached hydrogens (tertiary/aromatic N) is 2. The zero-order valence-corrected chi connectivity index (χ0v) is 24.5. The molecular formula is C29H37ClN4O3S. The van der Waals surface area contributed by atoms with Gasteiger partial charge in [0.25, 0.3) is 0 Å². The highest BCUT2D eigenvalue weighted by Gasteiger charge is 2.31. The number of aromatic nitrogens is 1. The summed E-state index contributed by atoms with van der Waals surface area (Å²) < 4.78 is 8.62. The molecule has 2 amide bonds. The SMILES string of the molecule is CCCCC(=O)N(Cc1ccc(-c2ccccc2SNc2onc(C)c2C)c(Cl)c1)C(C(=O)NC)C(C)C. The maximum Gasteiger partial charge on any atom is 0.242 e. The number of aryl methyl sites for hydroxylation is 1. The molecule has 0 bridgehead atoms. The van der Waals surface area contributed by atoms with Gasteiger partial charge in [-0.1, -0.05) is 74.3 Å². The number of hydrogen-bond donors (Lipinski definition) is 2. The lowest BCUT2D eigenvalue weighted by Crippen LogP contribution is -2.51. The Labute approximate surface area is 234 Å². The molecule has 1 heterocycles. The lowest BCUT2D eigenvalue weighted by Gasteiger charge is -2.33. The summed E-state index contributed by atoms with van der Waals surface area (Å²) in [6.45, 7) is 10.1. The minimum atomic E-state index is -0.561. The van der Waals surface area contributed by atoms with Crippen molar-refractivity contribution in [3.05, 3.63) is 64.3 Å². The Kier molecular flexibility index (Phi) is 10.7. The largest absolute Gasteiger partial charge is 0.357 e. The maximum atomic E-state index is 13.2. The van der Waals surface area contributed by atoms with Gasteiger partial charge in [0.15, 0.2) is 0 Å². The number of nitrogens with one attached hydrogen (secondary N) is 2. The summed E-state index contributed by atoms with van der Waals surface area (Å²) in [7, 11) is 1.60. The molecule has 0 aliphatic rings. The van der Waals surface area contributed by atoms with Gasteiger partial charge >= 0.3 is 0 Å². The Hall–Kier alpha value is -2.97. The van der Waals surface area contributed by atoms with Crippen LogP contribution in [-0.4, -0.2) is 35.0 Å². The van der Waals surface area contributed by atoms with Crippen LogP contribution in [0.2, 0.25) is 5.02 Å². The van der Waals surface area contributed by atoms with Crippen LogP contribution in [0.25, 0.3) is 11.1 Å². The predicted octanol–water partition coefficient (Wildman–Crippen LogP) is 7.02. The molecule has 3 rings (SSSR count). The monoisotopic (exact) mass is 556 g/mol. The highest BCUT2D eigenvalue weighted by Crippen LogP contribution is 2.37. The number of amides is 2. The summed E-state index contributed by atoms with van der Waals surface area (Å²) in [5.74, 6) is 0.388. The molecule has 0 fully saturated rings. The summed E-state index contributed by atoms with van der Waals surface area (Å²) in [6.07, 6.45) is 2.10. The van der Waals surface area contributed by atoms with E-state index in [1.54, 1.807) is 11.9 Å². The predicted molar refractivity (Wildman–Crippen MR) is 155 cm³/mol. The average molecular weight is 557 g/mol. The quantitative estimate of drug-likeness (QED) is 0.233. The smallest absolute Gasteiger partial charge is 0.242 e. The molecule has 0 aliphatic carbocycles. The fraction of sp³-hybridized carbons (Fsp3) is 0.414. The summed E-state index contributed by atoms with van der Waals surface area (Å²) in [6, 6.07) is 13.2. The van der Waals surface area contributed by atoms with Crippen molar-refractivity contribution in [3.63, 3.8) is 0 Å². The van der Waals surface area contributed by atoms with Gasteiger partial charge in [-0.3, -0.25) is 14.3 Å². The fourth-order valence-electron chi connectivity index (χ4n) is 4.23. The number of unbranched alkanes of at least 4 members (excludes halogenated alkanes) is 1. The first-order valence-electron chi connectivity index (χ1n) is 12.9. The van der Waals surface area contributed by atoms with Gasteiger partial charge in [0, 0.05) is 41.1 Å². The number of rotatable bonds is 12. The van der Waals surface area contributed by atoms with E-state index in [2.05, 4.69) is 15.2 Å². The first-order chi connectivity index (χ1) is 18.2. The van der Waals surface area contributed by atoms with Crippen molar-refractivity contribution in [2.24, 2.45) is 5.92 Å². The molecule has 0 saturated heterocycles. The van der Waals surface area contributed by atoms with E-state index in [4.69, 9.17) is 16.1 Å². The average Bonchev–Trinajstić information content (AvgIpc) is 3.22. The number of anilines is 1. The first kappa shape index (κ1) is 29.6. The van der Waals surface area contributed by atoms with Gasteiger partial charge in [-0.25, -0.2) is 0 Å². The van der Waals surface area contributed by atoms with Crippen LogP contribution in [-0.2, 0) is 16.1 Å². The van der Waals surface area contributed by atoms with Gasteiger partial charge < -0.3 is 14.7 Å². The Morgan fingerprint density at radius 1 is 1.13 bits per heavy atom. The molecule has 1 aromatic heterocycles. The lowest BCUT2D eigenvalue weighted by atomic mass is 9.99. The van der Waals surface area contributed by atoms with Crippen LogP contribution in [0.3, 0.4) is 0 Å². The Morgan fingerprint density at radius 2 is 1.87 bits per heavy atom. The molecule has 38 heavy (non-hydrogen) atoms. The lowest BCUT2D eigenvalue weighted by molar-refractivity contribution is -0.142. The van der Waals surface area contributed by atoms with Crippen LogP contribution in [0.1, 0.15) is 56.9 Å². The normalized spacial score (nSPS) is 11.9. The van der Waals surface area contributed by atoms with Crippen molar-refractivity contribution in [3.8, 4) is 11.1 Å². The summed E-state index contributed by atoms with van der Waals surface area (Å²) in [5.41, 5.74) is 4.53. The molecule has 0 saturated carbocycles. The second-order valence-corrected chi connectivity index (χ2v) is 10.9. The topological polar surface area (TPSA) is 87.5 Å². The third kappa shape index (κ3) is 7.11. The third-order valence-electron chi connectivity index (χ3n) is 6.52. The van der Waals surface area contributed by atoms with E-state index in [0.717, 1.165) is 45.7 Å². The number of benzene rings is 2. The van der Waals surface area contributed by atoms with E-state index in [1.807, 2.05) is 77.1 Å². The van der Waals surface area contributed by atoms with Gasteiger partial charge in [0.1, 0.15) is 6.04 Å². The van der Waals surface area contributed by atoms with Crippen molar-refractivity contribution < 1.29 is 14.1 Å². The van der Waals surface area contributed by atoms with Crippen LogP contribution >= 0.6 is 23.5 Å². The summed E-state index contributed by atoms with van der Waals surface area (Å²) >= 11 is 8.25. The van der Waals surface area contributed by atoms with Crippen molar-refractivity contribution in [1.82, 2.24) is 15.4 Å². The van der Waals surface area contributed by atoms with Crippen LogP contribution in [0.15, 0.2) is 51.9 Å². The van der Waals surface area contributed by atoms with E-state index in [-0.39, 0.29) is 17.7 Å². The van der Waals surface area contributed by atoms with E-state index < -0.39 is 6.04 Å². The number of carbonyl (C=O) groups is 2. The molecule has 0 radical (unpaired) electrons. The Bertz CT molecular complexity index is 1260. The summed E-state index contributed by atoms with van der Waals surface area (Å²) in [5, 5.41) is 7.30. The molecule has 1 unspecified atom stereocenters. The number of halogens is 1. The third-order valence-corrected chi connectivity index (χ3v) is 7.70. The minimum absolute atomic E-state index is 0.0277. The first-order valence-corrected chi connectivity index (χ1v) is 14.1. The van der Waals surface area contributed by atoms with Gasteiger partial charge in [-0.2, -0.15) is 0 Å². The van der Waals surface area contributed by atoms with E-state index in [0.29, 0.717) is 23.9 Å². The molecule has 1 atom stereocenters. The summed E-state index contributed by atoms with van der Waals surface area (Å²) in [4.78, 5) is 28.6. The number of hydrogen-bond acceptors (Lipinski definition) is 6. The van der Waals surface area contributed by atoms with Gasteiger partial charge in [-0.05, 0) is 61.4 Å². The van der Waals surface area contributed by atoms with Crippen LogP contribution in [0, 0.1) is 19.8 Å². The van der Waals surface area contributed by atoms with E-state index in [1.165, 1.54) is 11.9 Å². The van der Waals surface area contributed by atoms with E-state index in [9.17, 15) is 9.59 Å². The number of carbonyl (C=O) groups excluding carboxylic acids is 2. The zero-order chi connectivity index (χ0) is 27.8. The molecule has 7 nitrogen and oxygen atoms in total. The van der Waals surface area contributed by atoms with Gasteiger partial charge in [0.2, 0.25) is 17.7 Å². The second-order valence-electron chi connectivity index (χ2n) is 9.66. The maximum absolute atomic E-state index is 13.2. The van der Waals surface area contributed by atoms with Crippen LogP contribution in [0.5, 0.6) is 0 Å². The standard InChI is InChI=1S/C29H37ClN4O3S/c1-7-8-13-26(35)34(27(18(2)3)28(36)31-6)17-21-14-15-22(24(30)16-21)23-11-9-10-12-25(23)38-33-29-19(4)20(5)32-37-29/h9-12,14-16,18,27,33H,7-8,13,17H2,1-6H3,(H,31,36). The molecule has 3 aromatic rings. The second kappa shape index (κ2) is 13.7.